The Hall–Kier alpha value is -0.850. The van der Waals surface area contributed by atoms with Gasteiger partial charge in [0.25, 0.3) is 0 Å². The summed E-state index contributed by atoms with van der Waals surface area (Å²) in [6.07, 6.45) is 9.16. The minimum Gasteiger partial charge on any atom is -0.293 e. The van der Waals surface area contributed by atoms with Gasteiger partial charge in [0.15, 0.2) is 0 Å². The zero-order valence-electron chi connectivity index (χ0n) is 4.96. The SMILES string of the molecule is C/N=C1/C=CC=CC1. The van der Waals surface area contributed by atoms with Gasteiger partial charge in [-0.15, -0.1) is 0 Å². The number of aliphatic imine (C=N–C) groups is 1. The second kappa shape index (κ2) is 2.46. The Kier molecular flexibility index (Phi) is 1.62. The Morgan fingerprint density at radius 3 is 2.75 bits per heavy atom. The average molecular weight is 107 g/mol. The molecule has 0 fully saturated rings. The predicted molar refractivity (Wildman–Crippen MR) is 36.3 cm³/mol. The first-order chi connectivity index (χ1) is 3.93. The van der Waals surface area contributed by atoms with Gasteiger partial charge in [-0.1, -0.05) is 18.2 Å². The highest BCUT2D eigenvalue weighted by Crippen LogP contribution is 1.97. The lowest BCUT2D eigenvalue weighted by molar-refractivity contribution is 1.35. The van der Waals surface area contributed by atoms with Crippen LogP contribution in [0.5, 0.6) is 0 Å². The third kappa shape index (κ3) is 1.06. The van der Waals surface area contributed by atoms with E-state index in [1.54, 1.807) is 0 Å². The van der Waals surface area contributed by atoms with E-state index in [1.807, 2.05) is 25.3 Å². The van der Waals surface area contributed by atoms with E-state index in [-0.39, 0.29) is 0 Å². The highest BCUT2D eigenvalue weighted by atomic mass is 14.7. The second-order valence-electron chi connectivity index (χ2n) is 1.71. The summed E-state index contributed by atoms with van der Waals surface area (Å²) in [6.45, 7) is 0. The van der Waals surface area contributed by atoms with Crippen LogP contribution in [0.1, 0.15) is 6.42 Å². The van der Waals surface area contributed by atoms with E-state index in [0.29, 0.717) is 0 Å². The highest BCUT2D eigenvalue weighted by Gasteiger charge is 1.89. The number of hydrogen-bond acceptors (Lipinski definition) is 1. The summed E-state index contributed by atoms with van der Waals surface area (Å²) in [7, 11) is 1.82. The Bertz CT molecular complexity index is 152. The van der Waals surface area contributed by atoms with Gasteiger partial charge in [0.2, 0.25) is 0 Å². The molecule has 0 unspecified atom stereocenters. The fourth-order valence-electron chi connectivity index (χ4n) is 0.668. The van der Waals surface area contributed by atoms with Crippen LogP contribution >= 0.6 is 0 Å². The first-order valence-electron chi connectivity index (χ1n) is 2.72. The second-order valence-corrected chi connectivity index (χ2v) is 1.71. The van der Waals surface area contributed by atoms with Crippen LogP contribution in [0.4, 0.5) is 0 Å². The van der Waals surface area contributed by atoms with Crippen LogP contribution in [0.3, 0.4) is 0 Å². The summed E-state index contributed by atoms with van der Waals surface area (Å²) in [5.74, 6) is 0. The number of hydrogen-bond donors (Lipinski definition) is 0. The molecule has 0 aliphatic heterocycles. The molecule has 42 valence electrons. The van der Waals surface area contributed by atoms with E-state index >= 15 is 0 Å². The molecule has 1 nitrogen and oxygen atoms in total. The van der Waals surface area contributed by atoms with Crippen molar-refractivity contribution in [2.24, 2.45) is 4.99 Å². The Morgan fingerprint density at radius 1 is 1.50 bits per heavy atom. The number of nitrogens with zero attached hydrogens (tertiary/aromatic N) is 1. The van der Waals surface area contributed by atoms with Crippen LogP contribution in [0, 0.1) is 0 Å². The van der Waals surface area contributed by atoms with E-state index in [1.165, 1.54) is 0 Å². The molecule has 0 radical (unpaired) electrons. The molecule has 8 heavy (non-hydrogen) atoms. The Labute approximate surface area is 49.4 Å². The van der Waals surface area contributed by atoms with Gasteiger partial charge in [0.1, 0.15) is 0 Å². The number of rotatable bonds is 0. The molecule has 0 aromatic carbocycles. The quantitative estimate of drug-likeness (QED) is 0.445. The van der Waals surface area contributed by atoms with Crippen LogP contribution < -0.4 is 0 Å². The number of allylic oxidation sites excluding steroid dienone is 4. The van der Waals surface area contributed by atoms with Gasteiger partial charge in [0, 0.05) is 19.2 Å². The van der Waals surface area contributed by atoms with E-state index in [2.05, 4.69) is 11.1 Å². The minimum absolute atomic E-state index is 0.993. The topological polar surface area (TPSA) is 12.4 Å². The maximum Gasteiger partial charge on any atom is 0.0382 e. The molecule has 0 saturated heterocycles. The molecule has 1 aliphatic carbocycles. The summed E-state index contributed by atoms with van der Waals surface area (Å²) in [4.78, 5) is 4.03. The van der Waals surface area contributed by atoms with Crippen LogP contribution in [0.25, 0.3) is 0 Å². The highest BCUT2D eigenvalue weighted by molar-refractivity contribution is 5.96. The lowest BCUT2D eigenvalue weighted by Crippen LogP contribution is -1.92. The summed E-state index contributed by atoms with van der Waals surface area (Å²) < 4.78 is 0. The van der Waals surface area contributed by atoms with Crippen molar-refractivity contribution in [1.82, 2.24) is 0 Å². The van der Waals surface area contributed by atoms with Crippen molar-refractivity contribution >= 4 is 5.71 Å². The van der Waals surface area contributed by atoms with Gasteiger partial charge in [-0.3, -0.25) is 4.99 Å². The molecule has 1 rings (SSSR count). The molecule has 1 aliphatic rings. The fourth-order valence-corrected chi connectivity index (χ4v) is 0.668. The third-order valence-electron chi connectivity index (χ3n) is 1.15. The standard InChI is InChI=1S/C7H9N/c1-8-7-5-3-2-4-6-7/h2-5H,6H2,1H3/b8-7-. The van der Waals surface area contributed by atoms with E-state index < -0.39 is 0 Å². The molecule has 0 aromatic rings. The summed E-state index contributed by atoms with van der Waals surface area (Å²) >= 11 is 0. The third-order valence-corrected chi connectivity index (χ3v) is 1.15. The molecule has 0 saturated carbocycles. The molecule has 0 aromatic heterocycles. The molecular weight excluding hydrogens is 98.1 g/mol. The molecule has 1 heteroatoms. The van der Waals surface area contributed by atoms with Gasteiger partial charge in [-0.2, -0.15) is 0 Å². The predicted octanol–water partition coefficient (Wildman–Crippen LogP) is 1.57. The van der Waals surface area contributed by atoms with Gasteiger partial charge >= 0.3 is 0 Å². The van der Waals surface area contributed by atoms with Gasteiger partial charge in [-0.25, -0.2) is 0 Å². The maximum atomic E-state index is 4.03. The van der Waals surface area contributed by atoms with Crippen LogP contribution in [0.15, 0.2) is 29.3 Å². The van der Waals surface area contributed by atoms with Crippen molar-refractivity contribution in [2.45, 2.75) is 6.42 Å². The summed E-state index contributed by atoms with van der Waals surface area (Å²) in [6, 6.07) is 0. The molecule has 0 atom stereocenters. The smallest absolute Gasteiger partial charge is 0.0382 e. The summed E-state index contributed by atoms with van der Waals surface area (Å²) in [5, 5.41) is 0. The molecule has 0 bridgehead atoms. The molecular formula is C7H9N. The maximum absolute atomic E-state index is 4.03. The van der Waals surface area contributed by atoms with Crippen molar-refractivity contribution in [1.29, 1.82) is 0 Å². The van der Waals surface area contributed by atoms with E-state index in [9.17, 15) is 0 Å². The van der Waals surface area contributed by atoms with Crippen molar-refractivity contribution in [3.05, 3.63) is 24.3 Å². The van der Waals surface area contributed by atoms with Crippen molar-refractivity contribution < 1.29 is 0 Å². The zero-order valence-corrected chi connectivity index (χ0v) is 4.96. The first-order valence-corrected chi connectivity index (χ1v) is 2.72. The van der Waals surface area contributed by atoms with Gasteiger partial charge in [-0.05, 0) is 6.08 Å². The lowest BCUT2D eigenvalue weighted by atomic mass is 10.2. The minimum atomic E-state index is 0.993. The Balaban J connectivity index is 2.66. The van der Waals surface area contributed by atoms with Crippen molar-refractivity contribution in [3.8, 4) is 0 Å². The monoisotopic (exact) mass is 107 g/mol. The fraction of sp³-hybridized carbons (Fsp3) is 0.286. The molecule has 0 heterocycles. The largest absolute Gasteiger partial charge is 0.293 e. The van der Waals surface area contributed by atoms with Gasteiger partial charge < -0.3 is 0 Å². The van der Waals surface area contributed by atoms with Crippen LogP contribution in [0.2, 0.25) is 0 Å². The molecule has 0 amide bonds. The van der Waals surface area contributed by atoms with Crippen molar-refractivity contribution in [3.63, 3.8) is 0 Å². The van der Waals surface area contributed by atoms with Crippen molar-refractivity contribution in [2.75, 3.05) is 7.05 Å². The van der Waals surface area contributed by atoms with E-state index in [0.717, 1.165) is 12.1 Å². The van der Waals surface area contributed by atoms with Gasteiger partial charge in [0.05, 0.1) is 0 Å². The normalized spacial score (nSPS) is 22.4. The lowest BCUT2D eigenvalue weighted by Gasteiger charge is -1.96. The van der Waals surface area contributed by atoms with Crippen LogP contribution in [-0.2, 0) is 0 Å². The van der Waals surface area contributed by atoms with Crippen LogP contribution in [-0.4, -0.2) is 12.8 Å². The van der Waals surface area contributed by atoms with E-state index in [4.69, 9.17) is 0 Å². The molecule has 0 spiro atoms. The average Bonchev–Trinajstić information content (AvgIpc) is 1.90. The first kappa shape index (κ1) is 5.29. The Morgan fingerprint density at radius 2 is 2.38 bits per heavy atom. The zero-order chi connectivity index (χ0) is 5.82. The molecule has 0 N–H and O–H groups in total. The summed E-state index contributed by atoms with van der Waals surface area (Å²) in [5.41, 5.74) is 1.16.